The zero-order chi connectivity index (χ0) is 19.9. The van der Waals surface area contributed by atoms with E-state index in [9.17, 15) is 9.59 Å². The second-order valence-electron chi connectivity index (χ2n) is 6.75. The number of piperidine rings is 1. The number of methoxy groups -OCH3 is 2. The van der Waals surface area contributed by atoms with Crippen LogP contribution >= 0.6 is 0 Å². The van der Waals surface area contributed by atoms with Gasteiger partial charge >= 0.3 is 12.1 Å². The van der Waals surface area contributed by atoms with E-state index in [4.69, 9.17) is 14.2 Å². The van der Waals surface area contributed by atoms with Crippen molar-refractivity contribution < 1.29 is 23.8 Å². The van der Waals surface area contributed by atoms with Gasteiger partial charge in [0.15, 0.2) is 0 Å². The smallest absolute Gasteiger partial charge is 0.410 e. The first-order valence-corrected chi connectivity index (χ1v) is 9.30. The van der Waals surface area contributed by atoms with Crippen LogP contribution in [0, 0.1) is 0 Å². The molecule has 2 aromatic carbocycles. The van der Waals surface area contributed by atoms with Gasteiger partial charge in [0.1, 0.15) is 6.61 Å². The molecule has 0 bridgehead atoms. The van der Waals surface area contributed by atoms with Crippen molar-refractivity contribution in [3.8, 4) is 0 Å². The highest BCUT2D eigenvalue weighted by Gasteiger charge is 2.33. The van der Waals surface area contributed by atoms with Crippen molar-refractivity contribution in [3.05, 3.63) is 71.3 Å². The highest BCUT2D eigenvalue weighted by molar-refractivity contribution is 5.89. The molecule has 1 aliphatic rings. The Hall–Kier alpha value is -2.86. The number of hydrogen-bond acceptors (Lipinski definition) is 5. The molecule has 2 aromatic rings. The molecule has 1 fully saturated rings. The highest BCUT2D eigenvalue weighted by Crippen LogP contribution is 2.33. The molecular formula is C22H25NO5. The Kier molecular flexibility index (Phi) is 6.66. The van der Waals surface area contributed by atoms with Gasteiger partial charge in [0, 0.05) is 13.7 Å². The van der Waals surface area contributed by atoms with Gasteiger partial charge < -0.3 is 19.1 Å². The van der Waals surface area contributed by atoms with Crippen LogP contribution in [0.4, 0.5) is 4.79 Å². The van der Waals surface area contributed by atoms with Crippen LogP contribution in [-0.4, -0.2) is 43.8 Å². The minimum Gasteiger partial charge on any atom is -0.465 e. The summed E-state index contributed by atoms with van der Waals surface area (Å²) < 4.78 is 15.8. The van der Waals surface area contributed by atoms with Crippen molar-refractivity contribution in [1.82, 2.24) is 4.90 Å². The Bertz CT molecular complexity index is 790. The zero-order valence-electron chi connectivity index (χ0n) is 16.2. The van der Waals surface area contributed by atoms with Gasteiger partial charge in [-0.25, -0.2) is 9.59 Å². The van der Waals surface area contributed by atoms with Gasteiger partial charge in [0.2, 0.25) is 0 Å². The summed E-state index contributed by atoms with van der Waals surface area (Å²) in [6, 6.07) is 16.6. The van der Waals surface area contributed by atoms with E-state index < -0.39 is 0 Å². The number of carbonyl (C=O) groups excluding carboxylic acids is 2. The summed E-state index contributed by atoms with van der Waals surface area (Å²) in [4.78, 5) is 26.2. The number of likely N-dealkylation sites (tertiary alicyclic amines) is 1. The third kappa shape index (κ3) is 4.70. The largest absolute Gasteiger partial charge is 0.465 e. The van der Waals surface area contributed by atoms with Crippen molar-refractivity contribution in [2.45, 2.75) is 31.6 Å². The molecule has 148 valence electrons. The predicted molar refractivity (Wildman–Crippen MR) is 104 cm³/mol. The fourth-order valence-corrected chi connectivity index (χ4v) is 3.44. The Morgan fingerprint density at radius 3 is 2.39 bits per heavy atom. The number of esters is 1. The molecule has 0 saturated carbocycles. The predicted octanol–water partition coefficient (Wildman–Crippen LogP) is 3.96. The third-order valence-electron chi connectivity index (χ3n) is 5.04. The van der Waals surface area contributed by atoms with Gasteiger partial charge in [-0.2, -0.15) is 0 Å². The maximum Gasteiger partial charge on any atom is 0.410 e. The van der Waals surface area contributed by atoms with E-state index >= 15 is 0 Å². The summed E-state index contributed by atoms with van der Waals surface area (Å²) in [5.74, 6) is -0.385. The Balaban J connectivity index is 1.74. The summed E-state index contributed by atoms with van der Waals surface area (Å²) in [5.41, 5.74) is 2.36. The molecular weight excluding hydrogens is 358 g/mol. The molecule has 0 aromatic heterocycles. The van der Waals surface area contributed by atoms with Gasteiger partial charge in [-0.1, -0.05) is 42.5 Å². The van der Waals surface area contributed by atoms with Crippen LogP contribution in [0.1, 0.15) is 40.4 Å². The quantitative estimate of drug-likeness (QED) is 0.731. The minimum atomic E-state index is -0.385. The molecule has 2 unspecified atom stereocenters. The van der Waals surface area contributed by atoms with Crippen LogP contribution in [0.5, 0.6) is 0 Å². The zero-order valence-corrected chi connectivity index (χ0v) is 16.2. The molecule has 28 heavy (non-hydrogen) atoms. The normalized spacial score (nSPS) is 19.1. The van der Waals surface area contributed by atoms with E-state index in [1.165, 1.54) is 7.11 Å². The fraction of sp³-hybridized carbons (Fsp3) is 0.364. The number of nitrogens with zero attached hydrogens (tertiary/aromatic N) is 1. The van der Waals surface area contributed by atoms with E-state index in [0.717, 1.165) is 17.5 Å². The number of rotatable bonds is 5. The van der Waals surface area contributed by atoms with Crippen LogP contribution in [0.3, 0.4) is 0 Å². The van der Waals surface area contributed by atoms with Gasteiger partial charge in [-0.3, -0.25) is 0 Å². The van der Waals surface area contributed by atoms with E-state index in [1.807, 2.05) is 42.5 Å². The first kappa shape index (κ1) is 19.9. The summed E-state index contributed by atoms with van der Waals surface area (Å²) in [7, 11) is 3.04. The molecule has 3 rings (SSSR count). The maximum atomic E-state index is 12.8. The summed E-state index contributed by atoms with van der Waals surface area (Å²) in [5, 5.41) is 0. The molecule has 6 nitrogen and oxygen atoms in total. The fourth-order valence-electron chi connectivity index (χ4n) is 3.44. The van der Waals surface area contributed by atoms with Gasteiger partial charge in [0.25, 0.3) is 0 Å². The van der Waals surface area contributed by atoms with E-state index in [2.05, 4.69) is 0 Å². The Labute approximate surface area is 165 Å². The van der Waals surface area contributed by atoms with Crippen LogP contribution < -0.4 is 0 Å². The number of hydrogen-bond donors (Lipinski definition) is 0. The first-order valence-electron chi connectivity index (χ1n) is 9.30. The average Bonchev–Trinajstić information content (AvgIpc) is 2.77. The number of ether oxygens (including phenoxy) is 3. The summed E-state index contributed by atoms with van der Waals surface area (Å²) in [6.45, 7) is 0.785. The standard InChI is InChI=1S/C22H25NO5/c1-26-19-12-13-23(22(25)28-15-16-6-4-3-5-7-16)20(14-19)17-8-10-18(11-9-17)21(24)27-2/h3-11,19-20H,12-15H2,1-2H3. The molecule has 0 radical (unpaired) electrons. The van der Waals surface area contributed by atoms with Crippen LogP contribution in [0.2, 0.25) is 0 Å². The molecule has 1 saturated heterocycles. The molecule has 6 heteroatoms. The molecule has 0 spiro atoms. The minimum absolute atomic E-state index is 0.0726. The van der Waals surface area contributed by atoms with Crippen molar-refractivity contribution in [2.24, 2.45) is 0 Å². The van der Waals surface area contributed by atoms with Crippen LogP contribution in [0.25, 0.3) is 0 Å². The van der Waals surface area contributed by atoms with E-state index in [-0.39, 0.29) is 30.8 Å². The molecule has 2 atom stereocenters. The van der Waals surface area contributed by atoms with Crippen molar-refractivity contribution >= 4 is 12.1 Å². The highest BCUT2D eigenvalue weighted by atomic mass is 16.6. The molecule has 0 N–H and O–H groups in total. The SMILES string of the molecule is COC(=O)c1ccc(C2CC(OC)CCN2C(=O)OCc2ccccc2)cc1. The Morgan fingerprint density at radius 2 is 1.75 bits per heavy atom. The maximum absolute atomic E-state index is 12.8. The monoisotopic (exact) mass is 383 g/mol. The first-order chi connectivity index (χ1) is 13.6. The topological polar surface area (TPSA) is 65.1 Å². The summed E-state index contributed by atoms with van der Waals surface area (Å²) >= 11 is 0. The lowest BCUT2D eigenvalue weighted by molar-refractivity contribution is 0.00474. The average molecular weight is 383 g/mol. The molecule has 1 amide bonds. The van der Waals surface area contributed by atoms with E-state index in [1.54, 1.807) is 24.1 Å². The lowest BCUT2D eigenvalue weighted by atomic mass is 9.93. The van der Waals surface area contributed by atoms with Gasteiger partial charge in [0.05, 0.1) is 24.8 Å². The van der Waals surface area contributed by atoms with Crippen LogP contribution in [-0.2, 0) is 20.8 Å². The van der Waals surface area contributed by atoms with Gasteiger partial charge in [-0.05, 0) is 36.1 Å². The Morgan fingerprint density at radius 1 is 1.04 bits per heavy atom. The summed E-state index contributed by atoms with van der Waals surface area (Å²) in [6.07, 6.45) is 1.16. The third-order valence-corrected chi connectivity index (χ3v) is 5.04. The van der Waals surface area contributed by atoms with Crippen molar-refractivity contribution in [3.63, 3.8) is 0 Å². The van der Waals surface area contributed by atoms with Crippen molar-refractivity contribution in [1.29, 1.82) is 0 Å². The van der Waals surface area contributed by atoms with Gasteiger partial charge in [-0.15, -0.1) is 0 Å². The number of carbonyl (C=O) groups is 2. The number of benzene rings is 2. The second kappa shape index (κ2) is 9.37. The lowest BCUT2D eigenvalue weighted by Gasteiger charge is -2.38. The molecule has 1 heterocycles. The molecule has 0 aliphatic carbocycles. The van der Waals surface area contributed by atoms with E-state index in [0.29, 0.717) is 18.5 Å². The lowest BCUT2D eigenvalue weighted by Crippen LogP contribution is -2.43. The van der Waals surface area contributed by atoms with Crippen LogP contribution in [0.15, 0.2) is 54.6 Å². The number of amides is 1. The second-order valence-corrected chi connectivity index (χ2v) is 6.75. The molecule has 1 aliphatic heterocycles. The van der Waals surface area contributed by atoms with Crippen molar-refractivity contribution in [2.75, 3.05) is 20.8 Å².